The second kappa shape index (κ2) is 6.10. The van der Waals surface area contributed by atoms with Crippen LogP contribution in [0.1, 0.15) is 29.0 Å². The molecule has 104 valence electrons. The van der Waals surface area contributed by atoms with Crippen molar-refractivity contribution in [3.63, 3.8) is 0 Å². The summed E-state index contributed by atoms with van der Waals surface area (Å²) >= 11 is 0. The van der Waals surface area contributed by atoms with Gasteiger partial charge in [0.2, 0.25) is 0 Å². The monoisotopic (exact) mass is 262 g/mol. The molecule has 1 fully saturated rings. The molecule has 0 N–H and O–H groups in total. The fourth-order valence-electron chi connectivity index (χ4n) is 2.59. The highest BCUT2D eigenvalue weighted by Gasteiger charge is 2.19. The lowest BCUT2D eigenvalue weighted by Gasteiger charge is -2.29. The van der Waals surface area contributed by atoms with Crippen LogP contribution in [0.5, 0.6) is 0 Å². The Labute approximate surface area is 114 Å². The summed E-state index contributed by atoms with van der Waals surface area (Å²) in [5.41, 5.74) is 1.46. The van der Waals surface area contributed by atoms with Gasteiger partial charge in [-0.3, -0.25) is 4.79 Å². The molecule has 0 aromatic carbocycles. The Morgan fingerprint density at radius 1 is 1.47 bits per heavy atom. The van der Waals surface area contributed by atoms with Gasteiger partial charge in [0, 0.05) is 26.3 Å². The molecule has 0 saturated carbocycles. The summed E-state index contributed by atoms with van der Waals surface area (Å²) in [6.45, 7) is 2.30. The minimum Gasteiger partial charge on any atom is -0.343 e. The van der Waals surface area contributed by atoms with E-state index in [0.717, 1.165) is 18.7 Å². The van der Waals surface area contributed by atoms with Gasteiger partial charge in [-0.15, -0.1) is 0 Å². The third-order valence-electron chi connectivity index (χ3n) is 3.57. The first-order valence-corrected chi connectivity index (χ1v) is 6.77. The molecule has 1 saturated heterocycles. The standard InChI is InChI=1S/C14H22N4O/c1-17(2)14(19)13-8-12(15-10-16-13)7-11-5-4-6-18(3)9-11/h8,10-11H,4-7,9H2,1-3H3/t11-/m0/s1. The largest absolute Gasteiger partial charge is 0.343 e. The van der Waals surface area contributed by atoms with E-state index < -0.39 is 0 Å². The summed E-state index contributed by atoms with van der Waals surface area (Å²) < 4.78 is 0. The van der Waals surface area contributed by atoms with Crippen LogP contribution in [0, 0.1) is 5.92 Å². The fourth-order valence-corrected chi connectivity index (χ4v) is 2.59. The van der Waals surface area contributed by atoms with E-state index in [1.165, 1.54) is 25.7 Å². The molecule has 0 unspecified atom stereocenters. The van der Waals surface area contributed by atoms with E-state index in [9.17, 15) is 4.79 Å². The summed E-state index contributed by atoms with van der Waals surface area (Å²) in [7, 11) is 5.63. The third kappa shape index (κ3) is 3.73. The maximum Gasteiger partial charge on any atom is 0.272 e. The smallest absolute Gasteiger partial charge is 0.272 e. The first-order valence-electron chi connectivity index (χ1n) is 6.77. The van der Waals surface area contributed by atoms with Gasteiger partial charge in [-0.1, -0.05) is 0 Å². The Balaban J connectivity index is 2.04. The molecule has 0 aliphatic carbocycles. The minimum atomic E-state index is -0.0654. The third-order valence-corrected chi connectivity index (χ3v) is 3.57. The molecule has 0 bridgehead atoms. The number of hydrogen-bond acceptors (Lipinski definition) is 4. The number of nitrogens with zero attached hydrogens (tertiary/aromatic N) is 4. The quantitative estimate of drug-likeness (QED) is 0.817. The maximum absolute atomic E-state index is 11.9. The van der Waals surface area contributed by atoms with E-state index in [-0.39, 0.29) is 5.91 Å². The lowest BCUT2D eigenvalue weighted by Crippen LogP contribution is -2.33. The predicted molar refractivity (Wildman–Crippen MR) is 74.0 cm³/mol. The highest BCUT2D eigenvalue weighted by molar-refractivity contribution is 5.91. The average Bonchev–Trinajstić information content (AvgIpc) is 2.38. The van der Waals surface area contributed by atoms with Gasteiger partial charge in [0.1, 0.15) is 12.0 Å². The average molecular weight is 262 g/mol. The van der Waals surface area contributed by atoms with Crippen molar-refractivity contribution in [3.05, 3.63) is 23.8 Å². The lowest BCUT2D eigenvalue weighted by atomic mass is 9.93. The van der Waals surface area contributed by atoms with Crippen molar-refractivity contribution in [3.8, 4) is 0 Å². The Hall–Kier alpha value is -1.49. The van der Waals surface area contributed by atoms with E-state index in [1.807, 2.05) is 6.07 Å². The molecule has 2 heterocycles. The summed E-state index contributed by atoms with van der Waals surface area (Å²) in [6.07, 6.45) is 4.92. The molecule has 1 amide bonds. The van der Waals surface area contributed by atoms with Crippen molar-refractivity contribution < 1.29 is 4.79 Å². The molecule has 1 atom stereocenters. The van der Waals surface area contributed by atoms with Gasteiger partial charge in [-0.25, -0.2) is 9.97 Å². The van der Waals surface area contributed by atoms with Crippen molar-refractivity contribution >= 4 is 5.91 Å². The van der Waals surface area contributed by atoms with E-state index in [4.69, 9.17) is 0 Å². The number of carbonyl (C=O) groups is 1. The van der Waals surface area contributed by atoms with Crippen LogP contribution >= 0.6 is 0 Å². The van der Waals surface area contributed by atoms with Gasteiger partial charge in [0.05, 0.1) is 0 Å². The summed E-state index contributed by atoms with van der Waals surface area (Å²) in [5, 5.41) is 0. The molecule has 1 aromatic rings. The highest BCUT2D eigenvalue weighted by Crippen LogP contribution is 2.19. The van der Waals surface area contributed by atoms with E-state index in [2.05, 4.69) is 21.9 Å². The number of piperidine rings is 1. The number of amides is 1. The molecule has 1 aliphatic heterocycles. The molecular formula is C14H22N4O. The van der Waals surface area contributed by atoms with Crippen molar-refractivity contribution in [1.82, 2.24) is 19.8 Å². The maximum atomic E-state index is 11.9. The van der Waals surface area contributed by atoms with E-state index >= 15 is 0 Å². The minimum absolute atomic E-state index is 0.0654. The Kier molecular flexibility index (Phi) is 4.47. The van der Waals surface area contributed by atoms with Crippen LogP contribution in [-0.4, -0.2) is 59.9 Å². The summed E-state index contributed by atoms with van der Waals surface area (Å²) in [4.78, 5) is 24.1. The van der Waals surface area contributed by atoms with Crippen molar-refractivity contribution in [2.24, 2.45) is 5.92 Å². The zero-order chi connectivity index (χ0) is 13.8. The predicted octanol–water partition coefficient (Wildman–Crippen LogP) is 1.06. The highest BCUT2D eigenvalue weighted by atomic mass is 16.2. The SMILES string of the molecule is CN1CCC[C@@H](Cc2cc(C(=O)N(C)C)ncn2)C1. The van der Waals surface area contributed by atoms with Crippen LogP contribution in [-0.2, 0) is 6.42 Å². The van der Waals surface area contributed by atoms with Crippen molar-refractivity contribution in [1.29, 1.82) is 0 Å². The molecule has 19 heavy (non-hydrogen) atoms. The van der Waals surface area contributed by atoms with Crippen LogP contribution in [0.25, 0.3) is 0 Å². The second-order valence-corrected chi connectivity index (χ2v) is 5.57. The molecule has 1 aliphatic rings. The van der Waals surface area contributed by atoms with Gasteiger partial charge in [0.15, 0.2) is 0 Å². The fraction of sp³-hybridized carbons (Fsp3) is 0.643. The topological polar surface area (TPSA) is 49.3 Å². The molecule has 0 spiro atoms. The first-order chi connectivity index (χ1) is 9.06. The van der Waals surface area contributed by atoms with Crippen molar-refractivity contribution in [2.45, 2.75) is 19.3 Å². The first kappa shape index (κ1) is 13.9. The van der Waals surface area contributed by atoms with Crippen LogP contribution in [0.2, 0.25) is 0 Å². The molecular weight excluding hydrogens is 240 g/mol. The van der Waals surface area contributed by atoms with E-state index in [1.54, 1.807) is 19.0 Å². The summed E-state index contributed by atoms with van der Waals surface area (Å²) in [6, 6.07) is 1.83. The molecule has 5 nitrogen and oxygen atoms in total. The van der Waals surface area contributed by atoms with Gasteiger partial charge >= 0.3 is 0 Å². The Morgan fingerprint density at radius 2 is 2.26 bits per heavy atom. The molecule has 1 aromatic heterocycles. The van der Waals surface area contributed by atoms with Gasteiger partial charge in [0.25, 0.3) is 5.91 Å². The number of likely N-dealkylation sites (tertiary alicyclic amines) is 1. The lowest BCUT2D eigenvalue weighted by molar-refractivity contribution is 0.0821. The van der Waals surface area contributed by atoms with E-state index in [0.29, 0.717) is 11.6 Å². The molecule has 0 radical (unpaired) electrons. The van der Waals surface area contributed by atoms with Crippen LogP contribution in [0.15, 0.2) is 12.4 Å². The number of carbonyl (C=O) groups excluding carboxylic acids is 1. The van der Waals surface area contributed by atoms with Gasteiger partial charge < -0.3 is 9.80 Å². The van der Waals surface area contributed by atoms with Gasteiger partial charge in [-0.05, 0) is 44.8 Å². The summed E-state index contributed by atoms with van der Waals surface area (Å²) in [5.74, 6) is 0.570. The zero-order valence-corrected chi connectivity index (χ0v) is 12.0. The molecule has 2 rings (SSSR count). The number of rotatable bonds is 3. The van der Waals surface area contributed by atoms with Crippen molar-refractivity contribution in [2.75, 3.05) is 34.2 Å². The van der Waals surface area contributed by atoms with Crippen LogP contribution in [0.3, 0.4) is 0 Å². The second-order valence-electron chi connectivity index (χ2n) is 5.57. The normalized spacial score (nSPS) is 20.3. The number of aromatic nitrogens is 2. The van der Waals surface area contributed by atoms with Gasteiger partial charge in [-0.2, -0.15) is 0 Å². The van der Waals surface area contributed by atoms with Crippen LogP contribution < -0.4 is 0 Å². The Morgan fingerprint density at radius 3 is 2.95 bits per heavy atom. The molecule has 5 heteroatoms. The Bertz CT molecular complexity index is 447. The van der Waals surface area contributed by atoms with Crippen LogP contribution in [0.4, 0.5) is 0 Å². The zero-order valence-electron chi connectivity index (χ0n) is 12.0. The number of hydrogen-bond donors (Lipinski definition) is 0.